The number of carboxylic acid groups (broad SMARTS) is 1. The summed E-state index contributed by atoms with van der Waals surface area (Å²) in [5.41, 5.74) is -0.0736. The molecule has 0 spiro atoms. The summed E-state index contributed by atoms with van der Waals surface area (Å²) in [4.78, 5) is 47.1. The van der Waals surface area contributed by atoms with E-state index in [1.165, 1.54) is 0 Å². The van der Waals surface area contributed by atoms with Gasteiger partial charge in [0.2, 0.25) is 5.88 Å². The number of anilines is 2. The predicted octanol–water partition coefficient (Wildman–Crippen LogP) is 3.50. The van der Waals surface area contributed by atoms with Gasteiger partial charge < -0.3 is 20.1 Å². The van der Waals surface area contributed by atoms with Gasteiger partial charge in [0.05, 0.1) is 5.39 Å². The lowest BCUT2D eigenvalue weighted by Crippen LogP contribution is -2.48. The molecule has 2 aromatic heterocycles. The second-order valence-electron chi connectivity index (χ2n) is 9.26. The summed E-state index contributed by atoms with van der Waals surface area (Å²) >= 11 is 0. The summed E-state index contributed by atoms with van der Waals surface area (Å²) < 4.78 is 5.93. The number of carbonyl (C=O) groups is 1. The highest BCUT2D eigenvalue weighted by Crippen LogP contribution is 2.33. The Labute approximate surface area is 207 Å². The van der Waals surface area contributed by atoms with Crippen LogP contribution in [0, 0.1) is 0 Å². The van der Waals surface area contributed by atoms with Gasteiger partial charge in [-0.3, -0.25) is 14.6 Å². The Hall–Kier alpha value is -4.27. The molecule has 9 nitrogen and oxygen atoms in total. The summed E-state index contributed by atoms with van der Waals surface area (Å²) in [6.07, 6.45) is 7.01. The number of nitrogens with one attached hydrogen (secondary N) is 1. The first kappa shape index (κ1) is 23.5. The molecule has 0 saturated carbocycles. The molecule has 0 aliphatic carbocycles. The predicted molar refractivity (Wildman–Crippen MR) is 137 cm³/mol. The van der Waals surface area contributed by atoms with E-state index in [0.29, 0.717) is 17.3 Å². The van der Waals surface area contributed by atoms with Gasteiger partial charge in [-0.2, -0.15) is 0 Å². The number of aromatic nitrogens is 2. The maximum Gasteiger partial charge on any atom is 0.326 e. The summed E-state index contributed by atoms with van der Waals surface area (Å²) in [5.74, 6) is -0.134. The zero-order valence-electron chi connectivity index (χ0n) is 20.0. The third-order valence-electron chi connectivity index (χ3n) is 6.82. The van der Waals surface area contributed by atoms with E-state index >= 15 is 0 Å². The van der Waals surface area contributed by atoms with E-state index in [4.69, 9.17) is 4.74 Å². The molecule has 3 atom stereocenters. The van der Waals surface area contributed by atoms with Crippen LogP contribution in [0.5, 0.6) is 11.6 Å². The van der Waals surface area contributed by atoms with E-state index in [1.54, 1.807) is 42.9 Å². The molecular formula is C27H26N4O5. The second kappa shape index (κ2) is 9.41. The molecule has 36 heavy (non-hydrogen) atoms. The molecule has 1 fully saturated rings. The first-order valence-corrected chi connectivity index (χ1v) is 11.9. The first-order chi connectivity index (χ1) is 17.3. The van der Waals surface area contributed by atoms with Crippen LogP contribution >= 0.6 is 0 Å². The van der Waals surface area contributed by atoms with Crippen LogP contribution in [0.15, 0.2) is 64.6 Å². The average molecular weight is 487 g/mol. The van der Waals surface area contributed by atoms with Crippen LogP contribution in [0.2, 0.25) is 0 Å². The number of rotatable bonds is 8. The van der Waals surface area contributed by atoms with E-state index in [9.17, 15) is 19.5 Å². The van der Waals surface area contributed by atoms with Crippen LogP contribution in [0.25, 0.3) is 10.8 Å². The van der Waals surface area contributed by atoms with Gasteiger partial charge >= 0.3 is 5.97 Å². The molecule has 1 aliphatic heterocycles. The Morgan fingerprint density at radius 1 is 1.08 bits per heavy atom. The summed E-state index contributed by atoms with van der Waals surface area (Å²) in [7, 11) is 0. The molecule has 4 aromatic rings. The molecule has 0 radical (unpaired) electrons. The molecule has 1 saturated heterocycles. The molecule has 184 valence electrons. The largest absolute Gasteiger partial charge is 0.480 e. The molecule has 5 rings (SSSR count). The van der Waals surface area contributed by atoms with Crippen LogP contribution in [-0.4, -0.2) is 39.2 Å². The number of benzene rings is 1. The Balaban J connectivity index is 1.32. The highest BCUT2D eigenvalue weighted by Gasteiger charge is 2.36. The van der Waals surface area contributed by atoms with Crippen molar-refractivity contribution in [3.63, 3.8) is 0 Å². The maximum absolute atomic E-state index is 12.4. The average Bonchev–Trinajstić information content (AvgIpc) is 3.21. The Kier molecular flexibility index (Phi) is 6.13. The summed E-state index contributed by atoms with van der Waals surface area (Å²) in [5, 5.41) is 14.4. The zero-order chi connectivity index (χ0) is 25.4. The van der Waals surface area contributed by atoms with Crippen LogP contribution in [0.3, 0.4) is 0 Å². The minimum atomic E-state index is -1.11. The fourth-order valence-electron chi connectivity index (χ4n) is 4.88. The summed E-state index contributed by atoms with van der Waals surface area (Å²) in [6.45, 7) is 4.01. The molecule has 3 heterocycles. The van der Waals surface area contributed by atoms with Crippen molar-refractivity contribution in [2.75, 3.05) is 10.2 Å². The van der Waals surface area contributed by atoms with E-state index in [2.05, 4.69) is 15.3 Å². The van der Waals surface area contributed by atoms with Gasteiger partial charge in [-0.15, -0.1) is 0 Å². The van der Waals surface area contributed by atoms with E-state index in [0.717, 1.165) is 29.2 Å². The number of nitrogens with zero attached hydrogens (tertiary/aromatic N) is 3. The van der Waals surface area contributed by atoms with E-state index < -0.39 is 22.9 Å². The van der Waals surface area contributed by atoms with Gasteiger partial charge in [-0.25, -0.2) is 9.78 Å². The van der Waals surface area contributed by atoms with Gasteiger partial charge in [0, 0.05) is 37.1 Å². The Morgan fingerprint density at radius 3 is 2.47 bits per heavy atom. The third-order valence-corrected chi connectivity index (χ3v) is 6.82. The highest BCUT2D eigenvalue weighted by molar-refractivity contribution is 5.86. The maximum atomic E-state index is 12.4. The lowest BCUT2D eigenvalue weighted by Gasteiger charge is -2.32. The molecule has 1 aliphatic rings. The number of pyridine rings is 2. The van der Waals surface area contributed by atoms with Crippen molar-refractivity contribution in [2.24, 2.45) is 0 Å². The number of carboxylic acids is 1. The zero-order valence-corrected chi connectivity index (χ0v) is 20.0. The topological polar surface area (TPSA) is 122 Å². The van der Waals surface area contributed by atoms with Crippen LogP contribution in [0.1, 0.15) is 32.3 Å². The van der Waals surface area contributed by atoms with Crippen LogP contribution in [-0.2, 0) is 11.2 Å². The molecule has 2 aromatic carbocycles. The van der Waals surface area contributed by atoms with Gasteiger partial charge in [-0.05, 0) is 61.9 Å². The quantitative estimate of drug-likeness (QED) is 0.360. The van der Waals surface area contributed by atoms with Crippen LogP contribution in [0.4, 0.5) is 11.4 Å². The lowest BCUT2D eigenvalue weighted by atomic mass is 10.0. The number of ether oxygens (including phenoxy) is 1. The number of fused-ring (bicyclic) bond motifs is 1. The second-order valence-corrected chi connectivity index (χ2v) is 9.26. The fraction of sp³-hybridized carbons (Fsp3) is 0.296. The Bertz CT molecular complexity index is 1480. The SMILES string of the molecule is C[C@@H]1CC[C@H](C)N1c1c(N[C@@H](Cc2ccc(Oc3nccc4ccncc34)cc2)C(=O)O)c(=O)c1=O. The van der Waals surface area contributed by atoms with Crippen molar-refractivity contribution < 1.29 is 14.6 Å². The highest BCUT2D eigenvalue weighted by atomic mass is 16.5. The van der Waals surface area contributed by atoms with Crippen molar-refractivity contribution in [3.05, 3.63) is 81.0 Å². The molecule has 0 amide bonds. The molecule has 0 unspecified atom stereocenters. The van der Waals surface area contributed by atoms with Gasteiger partial charge in [0.15, 0.2) is 0 Å². The van der Waals surface area contributed by atoms with Crippen molar-refractivity contribution in [2.45, 2.75) is 51.2 Å². The fourth-order valence-corrected chi connectivity index (χ4v) is 4.88. The van der Waals surface area contributed by atoms with Crippen molar-refractivity contribution in [3.8, 4) is 11.6 Å². The Morgan fingerprint density at radius 2 is 1.78 bits per heavy atom. The third kappa shape index (κ3) is 4.28. The lowest BCUT2D eigenvalue weighted by molar-refractivity contribution is -0.137. The first-order valence-electron chi connectivity index (χ1n) is 11.9. The van der Waals surface area contributed by atoms with Crippen molar-refractivity contribution >= 4 is 28.1 Å². The number of hydrogen-bond acceptors (Lipinski definition) is 8. The summed E-state index contributed by atoms with van der Waals surface area (Å²) in [6, 6.07) is 9.92. The van der Waals surface area contributed by atoms with E-state index in [-0.39, 0.29) is 24.2 Å². The molecule has 2 N–H and O–H groups in total. The normalized spacial score (nSPS) is 18.4. The molecule has 9 heteroatoms. The monoisotopic (exact) mass is 486 g/mol. The van der Waals surface area contributed by atoms with Gasteiger partial charge in [-0.1, -0.05) is 12.1 Å². The van der Waals surface area contributed by atoms with Gasteiger partial charge in [0.25, 0.3) is 10.9 Å². The minimum Gasteiger partial charge on any atom is -0.480 e. The minimum absolute atomic E-state index is 0.101. The standard InChI is InChI=1S/C27H26N4O5/c1-15-3-4-16(2)31(15)23-22(24(32)25(23)33)30-21(27(34)35)13-17-5-7-19(8-6-17)36-26-20-14-28-11-9-18(20)10-12-29-26/h5-12,14-16,21,30H,3-4,13H2,1-2H3,(H,34,35)/t15-,16+,21-/m0/s1. The van der Waals surface area contributed by atoms with E-state index in [1.807, 2.05) is 30.9 Å². The van der Waals surface area contributed by atoms with Crippen molar-refractivity contribution in [1.29, 1.82) is 0 Å². The van der Waals surface area contributed by atoms with Gasteiger partial charge in [0.1, 0.15) is 23.2 Å². The number of hydrogen-bond donors (Lipinski definition) is 2. The smallest absolute Gasteiger partial charge is 0.326 e. The van der Waals surface area contributed by atoms with Crippen LogP contribution < -0.4 is 25.8 Å². The molecular weight excluding hydrogens is 460 g/mol. The molecule has 0 bridgehead atoms. The van der Waals surface area contributed by atoms with Crippen molar-refractivity contribution in [1.82, 2.24) is 9.97 Å². The number of aliphatic carboxylic acids is 1.